The van der Waals surface area contributed by atoms with Crippen molar-refractivity contribution in [1.29, 1.82) is 0 Å². The number of rotatable bonds is 7. The van der Waals surface area contributed by atoms with Crippen LogP contribution in [0.3, 0.4) is 0 Å². The Morgan fingerprint density at radius 1 is 1.00 bits per heavy atom. The molecule has 1 aromatic heterocycles. The van der Waals surface area contributed by atoms with Gasteiger partial charge in [-0.15, -0.1) is 0 Å². The second kappa shape index (κ2) is 7.94. The van der Waals surface area contributed by atoms with Gasteiger partial charge in [0.2, 0.25) is 5.91 Å². The number of hydrogen-bond donors (Lipinski definition) is 1. The molecule has 0 aliphatic carbocycles. The van der Waals surface area contributed by atoms with E-state index in [1.807, 2.05) is 30.3 Å². The van der Waals surface area contributed by atoms with Gasteiger partial charge in [-0.2, -0.15) is 0 Å². The molecular weight excluding hydrogens is 264 g/mol. The fourth-order valence-corrected chi connectivity index (χ4v) is 1.97. The third kappa shape index (κ3) is 5.18. The predicted molar refractivity (Wildman–Crippen MR) is 80.7 cm³/mol. The van der Waals surface area contributed by atoms with Crippen LogP contribution >= 0.6 is 0 Å². The molecule has 108 valence electrons. The molecule has 0 aliphatic rings. The van der Waals surface area contributed by atoms with E-state index >= 15 is 0 Å². The van der Waals surface area contributed by atoms with Gasteiger partial charge in [0.1, 0.15) is 0 Å². The van der Waals surface area contributed by atoms with Gasteiger partial charge in [-0.05, 0) is 18.1 Å². The van der Waals surface area contributed by atoms with Crippen LogP contribution in [0.15, 0.2) is 54.9 Å². The molecule has 1 aromatic carbocycles. The number of benzene rings is 1. The van der Waals surface area contributed by atoms with Crippen molar-refractivity contribution < 1.29 is 9.59 Å². The monoisotopic (exact) mass is 282 g/mol. The third-order valence-corrected chi connectivity index (χ3v) is 3.12. The molecule has 0 spiro atoms. The molecular formula is C17H18N2O2. The van der Waals surface area contributed by atoms with Crippen LogP contribution in [-0.2, 0) is 11.3 Å². The predicted octanol–water partition coefficient (Wildman–Crippen LogP) is 2.75. The molecule has 0 radical (unpaired) electrons. The van der Waals surface area contributed by atoms with Gasteiger partial charge in [0.15, 0.2) is 5.78 Å². The average Bonchev–Trinajstić information content (AvgIpc) is 2.54. The molecule has 4 nitrogen and oxygen atoms in total. The van der Waals surface area contributed by atoms with E-state index in [1.54, 1.807) is 24.5 Å². The van der Waals surface area contributed by atoms with Crippen LogP contribution in [0.4, 0.5) is 0 Å². The van der Waals surface area contributed by atoms with Crippen LogP contribution in [0.1, 0.15) is 35.2 Å². The normalized spacial score (nSPS) is 10.1. The fraction of sp³-hybridized carbons (Fsp3) is 0.235. The number of Topliss-reactive ketones (excluding diaryl/α,β-unsaturated/α-hetero) is 1. The molecule has 2 rings (SSSR count). The smallest absolute Gasteiger partial charge is 0.220 e. The minimum absolute atomic E-state index is 0.0419. The second-order valence-electron chi connectivity index (χ2n) is 4.78. The molecule has 4 heteroatoms. The number of pyridine rings is 1. The topological polar surface area (TPSA) is 59.1 Å². The Morgan fingerprint density at radius 2 is 1.81 bits per heavy atom. The number of ketones is 1. The number of hydrogen-bond acceptors (Lipinski definition) is 3. The van der Waals surface area contributed by atoms with Gasteiger partial charge < -0.3 is 5.32 Å². The largest absolute Gasteiger partial charge is 0.352 e. The van der Waals surface area contributed by atoms with Gasteiger partial charge in [0, 0.05) is 37.3 Å². The summed E-state index contributed by atoms with van der Waals surface area (Å²) in [6.45, 7) is 0.472. The number of amides is 1. The average molecular weight is 282 g/mol. The number of nitrogens with zero attached hydrogens (tertiary/aromatic N) is 1. The Hall–Kier alpha value is -2.49. The summed E-state index contributed by atoms with van der Waals surface area (Å²) in [5.74, 6) is 0.0374. The van der Waals surface area contributed by atoms with Crippen molar-refractivity contribution in [3.8, 4) is 0 Å². The highest BCUT2D eigenvalue weighted by Crippen LogP contribution is 2.06. The zero-order valence-electron chi connectivity index (χ0n) is 11.8. The van der Waals surface area contributed by atoms with E-state index in [1.165, 1.54) is 0 Å². The summed E-state index contributed by atoms with van der Waals surface area (Å²) in [6.07, 6.45) is 4.73. The van der Waals surface area contributed by atoms with Crippen molar-refractivity contribution in [1.82, 2.24) is 10.3 Å². The molecule has 1 heterocycles. The number of carbonyl (C=O) groups excluding carboxylic acids is 2. The minimum Gasteiger partial charge on any atom is -0.352 e. The molecule has 2 aromatic rings. The molecule has 0 fully saturated rings. The summed E-state index contributed by atoms with van der Waals surface area (Å²) < 4.78 is 0. The molecule has 0 unspecified atom stereocenters. The van der Waals surface area contributed by atoms with E-state index in [0.29, 0.717) is 31.4 Å². The van der Waals surface area contributed by atoms with Gasteiger partial charge >= 0.3 is 0 Å². The van der Waals surface area contributed by atoms with E-state index in [0.717, 1.165) is 5.56 Å². The Morgan fingerprint density at radius 3 is 2.52 bits per heavy atom. The fourth-order valence-electron chi connectivity index (χ4n) is 1.97. The molecule has 0 bridgehead atoms. The lowest BCUT2D eigenvalue weighted by molar-refractivity contribution is -0.121. The van der Waals surface area contributed by atoms with E-state index in [4.69, 9.17) is 0 Å². The molecule has 1 amide bonds. The van der Waals surface area contributed by atoms with Gasteiger partial charge in [-0.3, -0.25) is 14.6 Å². The summed E-state index contributed by atoms with van der Waals surface area (Å²) in [6, 6.07) is 12.9. The van der Waals surface area contributed by atoms with Crippen LogP contribution in [0.25, 0.3) is 0 Å². The van der Waals surface area contributed by atoms with Crippen LogP contribution in [0.5, 0.6) is 0 Å². The first-order valence-corrected chi connectivity index (χ1v) is 6.99. The first kappa shape index (κ1) is 14.9. The number of nitrogens with one attached hydrogen (secondary N) is 1. The van der Waals surface area contributed by atoms with Crippen molar-refractivity contribution in [2.75, 3.05) is 0 Å². The maximum Gasteiger partial charge on any atom is 0.220 e. The lowest BCUT2D eigenvalue weighted by atomic mass is 10.1. The summed E-state index contributed by atoms with van der Waals surface area (Å²) in [4.78, 5) is 27.5. The SMILES string of the molecule is O=C(CCCC(=O)c1ccccc1)NCc1cccnc1. The lowest BCUT2D eigenvalue weighted by Gasteiger charge is -2.05. The van der Waals surface area contributed by atoms with Crippen LogP contribution in [-0.4, -0.2) is 16.7 Å². The number of aromatic nitrogens is 1. The maximum absolute atomic E-state index is 11.9. The summed E-state index contributed by atoms with van der Waals surface area (Å²) in [7, 11) is 0. The quantitative estimate of drug-likeness (QED) is 0.794. The third-order valence-electron chi connectivity index (χ3n) is 3.12. The molecule has 0 saturated carbocycles. The van der Waals surface area contributed by atoms with Crippen molar-refractivity contribution in [2.24, 2.45) is 0 Å². The van der Waals surface area contributed by atoms with Gasteiger partial charge in [0.25, 0.3) is 0 Å². The summed E-state index contributed by atoms with van der Waals surface area (Å²) in [5.41, 5.74) is 1.67. The molecule has 1 N–H and O–H groups in total. The van der Waals surface area contributed by atoms with E-state index in [-0.39, 0.29) is 11.7 Å². The molecule has 21 heavy (non-hydrogen) atoms. The van der Waals surface area contributed by atoms with Crippen molar-refractivity contribution in [2.45, 2.75) is 25.8 Å². The standard InChI is InChI=1S/C17H18N2O2/c20-16(15-7-2-1-3-8-15)9-4-10-17(21)19-13-14-6-5-11-18-12-14/h1-3,5-8,11-12H,4,9-10,13H2,(H,19,21). The molecule has 0 aliphatic heterocycles. The van der Waals surface area contributed by atoms with Crippen molar-refractivity contribution in [3.05, 3.63) is 66.0 Å². The first-order valence-electron chi connectivity index (χ1n) is 6.99. The molecule has 0 atom stereocenters. The molecule has 0 saturated heterocycles. The highest BCUT2D eigenvalue weighted by atomic mass is 16.1. The van der Waals surface area contributed by atoms with Gasteiger partial charge in [-0.25, -0.2) is 0 Å². The lowest BCUT2D eigenvalue weighted by Crippen LogP contribution is -2.22. The Kier molecular flexibility index (Phi) is 5.64. The van der Waals surface area contributed by atoms with E-state index in [2.05, 4.69) is 10.3 Å². The second-order valence-corrected chi connectivity index (χ2v) is 4.78. The Labute approximate surface area is 124 Å². The Bertz CT molecular complexity index is 582. The minimum atomic E-state index is -0.0419. The van der Waals surface area contributed by atoms with Gasteiger partial charge in [0.05, 0.1) is 0 Å². The van der Waals surface area contributed by atoms with Crippen LogP contribution in [0.2, 0.25) is 0 Å². The van der Waals surface area contributed by atoms with Crippen molar-refractivity contribution >= 4 is 11.7 Å². The summed E-state index contributed by atoms with van der Waals surface area (Å²) in [5, 5.41) is 2.82. The highest BCUT2D eigenvalue weighted by molar-refractivity contribution is 5.96. The van der Waals surface area contributed by atoms with Gasteiger partial charge in [-0.1, -0.05) is 36.4 Å². The maximum atomic E-state index is 11.9. The highest BCUT2D eigenvalue weighted by Gasteiger charge is 2.07. The zero-order chi connectivity index (χ0) is 14.9. The van der Waals surface area contributed by atoms with Crippen molar-refractivity contribution in [3.63, 3.8) is 0 Å². The zero-order valence-corrected chi connectivity index (χ0v) is 11.8. The summed E-state index contributed by atoms with van der Waals surface area (Å²) >= 11 is 0. The number of carbonyl (C=O) groups is 2. The van der Waals surface area contributed by atoms with E-state index in [9.17, 15) is 9.59 Å². The van der Waals surface area contributed by atoms with Crippen LogP contribution in [0, 0.1) is 0 Å². The van der Waals surface area contributed by atoms with Crippen LogP contribution < -0.4 is 5.32 Å². The first-order chi connectivity index (χ1) is 10.3. The Balaban J connectivity index is 1.66. The van der Waals surface area contributed by atoms with E-state index < -0.39 is 0 Å².